The highest BCUT2D eigenvalue weighted by atomic mass is 16.5. The van der Waals surface area contributed by atoms with E-state index < -0.39 is 0 Å². The molecule has 3 heterocycles. The molecule has 0 N–H and O–H groups in total. The van der Waals surface area contributed by atoms with Crippen LogP contribution in [0.4, 0.5) is 0 Å². The van der Waals surface area contributed by atoms with Gasteiger partial charge in [-0.3, -0.25) is 4.79 Å². The third kappa shape index (κ3) is 2.58. The molecule has 0 bridgehead atoms. The molecule has 3 aromatic carbocycles. The van der Waals surface area contributed by atoms with Gasteiger partial charge >= 0.3 is 0 Å². The molecule has 0 radical (unpaired) electrons. The zero-order chi connectivity index (χ0) is 22.9. The summed E-state index contributed by atoms with van der Waals surface area (Å²) in [5, 5.41) is 4.52. The SMILES string of the molecule is CCc1c(C(C)=O)c2c3ccccc3n3c2c2c1c1ccccc1n2CCC(OC)C3OC. The van der Waals surface area contributed by atoms with Crippen molar-refractivity contribution >= 4 is 49.4 Å². The summed E-state index contributed by atoms with van der Waals surface area (Å²) in [7, 11) is 3.50. The normalized spacial score (nSPS) is 18.5. The van der Waals surface area contributed by atoms with Crippen molar-refractivity contribution in [3.05, 3.63) is 59.7 Å². The molecule has 33 heavy (non-hydrogen) atoms. The number of rotatable bonds is 4. The number of hydrogen-bond donors (Lipinski definition) is 0. The quantitative estimate of drug-likeness (QED) is 0.311. The maximum atomic E-state index is 13.3. The summed E-state index contributed by atoms with van der Waals surface area (Å²) in [5.41, 5.74) is 6.51. The van der Waals surface area contributed by atoms with Gasteiger partial charge in [0.15, 0.2) is 12.0 Å². The van der Waals surface area contributed by atoms with E-state index in [0.717, 1.165) is 52.3 Å². The maximum Gasteiger partial charge on any atom is 0.160 e. The Bertz CT molecular complexity index is 1570. The molecule has 5 nitrogen and oxygen atoms in total. The lowest BCUT2D eigenvalue weighted by Crippen LogP contribution is -2.30. The third-order valence-electron chi connectivity index (χ3n) is 7.42. The van der Waals surface area contributed by atoms with E-state index in [1.165, 1.54) is 21.8 Å². The average molecular weight is 441 g/mol. The Kier molecular flexibility index (Phi) is 4.61. The minimum absolute atomic E-state index is 0.104. The number of ether oxygens (including phenoxy) is 2. The predicted molar refractivity (Wildman–Crippen MR) is 133 cm³/mol. The van der Waals surface area contributed by atoms with Gasteiger partial charge in [-0.25, -0.2) is 0 Å². The molecule has 0 saturated carbocycles. The number of Topliss-reactive ketones (excluding diaryl/α,β-unsaturated/α-hetero) is 1. The highest BCUT2D eigenvalue weighted by molar-refractivity contribution is 6.30. The van der Waals surface area contributed by atoms with Crippen LogP contribution in [0.25, 0.3) is 43.6 Å². The maximum absolute atomic E-state index is 13.3. The summed E-state index contributed by atoms with van der Waals surface area (Å²) in [6.45, 7) is 4.67. The van der Waals surface area contributed by atoms with Gasteiger partial charge in [-0.2, -0.15) is 0 Å². The lowest BCUT2D eigenvalue weighted by Gasteiger charge is -2.30. The van der Waals surface area contributed by atoms with E-state index in [9.17, 15) is 4.79 Å². The Morgan fingerprint density at radius 1 is 0.939 bits per heavy atom. The second-order valence-corrected chi connectivity index (χ2v) is 8.96. The largest absolute Gasteiger partial charge is 0.377 e. The highest BCUT2D eigenvalue weighted by Gasteiger charge is 2.34. The molecule has 2 aromatic heterocycles. The van der Waals surface area contributed by atoms with Gasteiger partial charge in [-0.05, 0) is 37.5 Å². The first-order chi connectivity index (χ1) is 16.1. The van der Waals surface area contributed by atoms with Crippen molar-refractivity contribution in [3.8, 4) is 0 Å². The molecule has 168 valence electrons. The number of fused-ring (bicyclic) bond motifs is 6. The monoisotopic (exact) mass is 440 g/mol. The second kappa shape index (κ2) is 7.44. The van der Waals surface area contributed by atoms with E-state index >= 15 is 0 Å². The molecule has 5 heteroatoms. The van der Waals surface area contributed by atoms with Crippen LogP contribution in [0, 0.1) is 0 Å². The molecule has 0 amide bonds. The number of aryl methyl sites for hydroxylation is 2. The van der Waals surface area contributed by atoms with E-state index in [1.54, 1.807) is 21.1 Å². The first-order valence-electron chi connectivity index (χ1n) is 11.7. The molecular formula is C28H28N2O3. The van der Waals surface area contributed by atoms with Crippen LogP contribution in [0.15, 0.2) is 48.5 Å². The molecule has 0 saturated heterocycles. The number of aromatic nitrogens is 2. The van der Waals surface area contributed by atoms with Crippen molar-refractivity contribution in [1.82, 2.24) is 9.13 Å². The van der Waals surface area contributed by atoms with Crippen molar-refractivity contribution in [2.75, 3.05) is 14.2 Å². The molecule has 2 unspecified atom stereocenters. The Balaban J connectivity index is 2.02. The molecule has 0 fully saturated rings. The zero-order valence-corrected chi connectivity index (χ0v) is 19.5. The van der Waals surface area contributed by atoms with Crippen molar-refractivity contribution in [3.63, 3.8) is 0 Å². The van der Waals surface area contributed by atoms with Crippen LogP contribution in [0.3, 0.4) is 0 Å². The summed E-state index contributed by atoms with van der Waals surface area (Å²) in [6, 6.07) is 16.9. The highest BCUT2D eigenvalue weighted by Crippen LogP contribution is 2.46. The van der Waals surface area contributed by atoms with Crippen molar-refractivity contribution < 1.29 is 14.3 Å². The van der Waals surface area contributed by atoms with Gasteiger partial charge in [0, 0.05) is 53.4 Å². The number of methoxy groups -OCH3 is 2. The Morgan fingerprint density at radius 2 is 1.61 bits per heavy atom. The fourth-order valence-electron chi connectivity index (χ4n) is 6.18. The number of benzene rings is 3. The fraction of sp³-hybridized carbons (Fsp3) is 0.321. The van der Waals surface area contributed by atoms with E-state index in [-0.39, 0.29) is 18.1 Å². The number of carbonyl (C=O) groups excluding carboxylic acids is 1. The number of hydrogen-bond acceptors (Lipinski definition) is 3. The van der Waals surface area contributed by atoms with Crippen molar-refractivity contribution in [2.45, 2.75) is 45.6 Å². The molecule has 0 aliphatic carbocycles. The molecule has 1 aliphatic heterocycles. The summed E-state index contributed by atoms with van der Waals surface area (Å²) in [6.07, 6.45) is 1.21. The van der Waals surface area contributed by atoms with Gasteiger partial charge in [0.25, 0.3) is 0 Å². The van der Waals surface area contributed by atoms with Crippen LogP contribution < -0.4 is 0 Å². The zero-order valence-electron chi connectivity index (χ0n) is 19.5. The number of nitrogens with zero attached hydrogens (tertiary/aromatic N) is 2. The molecule has 5 aromatic rings. The molecule has 0 spiro atoms. The van der Waals surface area contributed by atoms with Crippen LogP contribution in [0.2, 0.25) is 0 Å². The van der Waals surface area contributed by atoms with E-state index in [0.29, 0.717) is 0 Å². The smallest absolute Gasteiger partial charge is 0.160 e. The minimum Gasteiger partial charge on any atom is -0.377 e. The Hall–Kier alpha value is -3.15. The van der Waals surface area contributed by atoms with Crippen LogP contribution >= 0.6 is 0 Å². The summed E-state index contributed by atoms with van der Waals surface area (Å²) in [5.74, 6) is 0.104. The predicted octanol–water partition coefficient (Wildman–Crippen LogP) is 6.23. The summed E-state index contributed by atoms with van der Waals surface area (Å²) < 4.78 is 16.8. The van der Waals surface area contributed by atoms with Crippen LogP contribution in [-0.2, 0) is 22.4 Å². The topological polar surface area (TPSA) is 45.4 Å². The van der Waals surface area contributed by atoms with Gasteiger partial charge in [0.1, 0.15) is 6.10 Å². The number of ketones is 1. The van der Waals surface area contributed by atoms with E-state index in [2.05, 4.69) is 64.6 Å². The molecule has 1 aliphatic rings. The fourth-order valence-corrected chi connectivity index (χ4v) is 6.18. The van der Waals surface area contributed by atoms with E-state index in [4.69, 9.17) is 9.47 Å². The van der Waals surface area contributed by atoms with Crippen LogP contribution in [-0.4, -0.2) is 35.2 Å². The number of para-hydroxylation sites is 2. The van der Waals surface area contributed by atoms with Gasteiger partial charge in [-0.15, -0.1) is 0 Å². The first-order valence-corrected chi connectivity index (χ1v) is 11.7. The lowest BCUT2D eigenvalue weighted by molar-refractivity contribution is -0.0774. The second-order valence-electron chi connectivity index (χ2n) is 8.96. The van der Waals surface area contributed by atoms with Gasteiger partial charge in [0.2, 0.25) is 0 Å². The lowest BCUT2D eigenvalue weighted by atomic mass is 9.91. The average Bonchev–Trinajstić information content (AvgIpc) is 3.32. The third-order valence-corrected chi connectivity index (χ3v) is 7.42. The molecule has 6 rings (SSSR count). The van der Waals surface area contributed by atoms with Crippen LogP contribution in [0.5, 0.6) is 0 Å². The Labute approximate surface area is 192 Å². The number of carbonyl (C=O) groups is 1. The van der Waals surface area contributed by atoms with Crippen LogP contribution in [0.1, 0.15) is 42.4 Å². The molecule has 2 atom stereocenters. The van der Waals surface area contributed by atoms with Gasteiger partial charge in [0.05, 0.1) is 16.6 Å². The minimum atomic E-state index is -0.292. The van der Waals surface area contributed by atoms with Gasteiger partial charge < -0.3 is 18.6 Å². The Morgan fingerprint density at radius 3 is 2.24 bits per heavy atom. The van der Waals surface area contributed by atoms with Gasteiger partial charge in [-0.1, -0.05) is 43.3 Å². The standard InChI is InChI=1S/C28H28N2O3/c1-5-17-23(16(2)31)25-19-11-7-9-13-21(19)30-27(25)26-24(17)18-10-6-8-12-20(18)29(26)15-14-22(32-3)28(30)33-4/h6-13,22,28H,5,14-15H2,1-4H3. The summed E-state index contributed by atoms with van der Waals surface area (Å²) in [4.78, 5) is 13.3. The van der Waals surface area contributed by atoms with E-state index in [1.807, 2.05) is 0 Å². The summed E-state index contributed by atoms with van der Waals surface area (Å²) >= 11 is 0. The van der Waals surface area contributed by atoms with Crippen molar-refractivity contribution in [2.24, 2.45) is 0 Å². The first kappa shape index (κ1) is 20.5. The van der Waals surface area contributed by atoms with Crippen molar-refractivity contribution in [1.29, 1.82) is 0 Å². The molecular weight excluding hydrogens is 412 g/mol.